The maximum absolute atomic E-state index is 15.3. The number of fused-ring (bicyclic) bond motifs is 1. The Labute approximate surface area is 253 Å². The van der Waals surface area contributed by atoms with Crippen LogP contribution in [0.1, 0.15) is 21.8 Å². The number of rotatable bonds is 6. The zero-order chi connectivity index (χ0) is 30.8. The minimum Gasteiger partial charge on any atom is -0.378 e. The van der Waals surface area contributed by atoms with Crippen molar-refractivity contribution < 1.29 is 18.7 Å². The van der Waals surface area contributed by atoms with E-state index in [-0.39, 0.29) is 17.5 Å². The maximum Gasteiger partial charge on any atom is 0.323 e. The largest absolute Gasteiger partial charge is 0.378 e. The van der Waals surface area contributed by atoms with E-state index in [0.29, 0.717) is 65.8 Å². The summed E-state index contributed by atoms with van der Waals surface area (Å²) in [6.45, 7) is 3.18. The van der Waals surface area contributed by atoms with Crippen molar-refractivity contribution in [3.05, 3.63) is 71.7 Å². The Bertz CT molecular complexity index is 1740. The van der Waals surface area contributed by atoms with E-state index >= 15 is 4.39 Å². The molecule has 0 bridgehead atoms. The van der Waals surface area contributed by atoms with Gasteiger partial charge in [0.25, 0.3) is 5.91 Å². The standard InChI is InChI=1S/C31H32FN9O3/c1-39(2)30(42)19-4-7-23(8-5-19)35-31(43)37-25-9-6-20(14-24(25)32)28-36-26-15-21(22-17-34-40(3)18-22)16-33-27(26)29(38-28)41-10-12-44-13-11-41/h4-9,14-17,22H,10-13,18H2,1-3H3,(H2,35,37,43). The van der Waals surface area contributed by atoms with Crippen molar-refractivity contribution in [2.75, 3.05) is 69.5 Å². The van der Waals surface area contributed by atoms with Crippen LogP contribution in [-0.4, -0.2) is 97.0 Å². The molecule has 2 aromatic heterocycles. The third-order valence-electron chi connectivity index (χ3n) is 7.45. The van der Waals surface area contributed by atoms with E-state index in [0.717, 1.165) is 12.1 Å². The summed E-state index contributed by atoms with van der Waals surface area (Å²) < 4.78 is 20.9. The highest BCUT2D eigenvalue weighted by molar-refractivity contribution is 6.00. The van der Waals surface area contributed by atoms with Crippen molar-refractivity contribution in [3.8, 4) is 11.4 Å². The molecule has 2 aliphatic heterocycles. The Morgan fingerprint density at radius 1 is 1.02 bits per heavy atom. The van der Waals surface area contributed by atoms with E-state index in [4.69, 9.17) is 19.7 Å². The van der Waals surface area contributed by atoms with Crippen LogP contribution < -0.4 is 15.5 Å². The summed E-state index contributed by atoms with van der Waals surface area (Å²) in [5.74, 6) is 0.311. The number of amides is 3. The normalized spacial score (nSPS) is 16.3. The van der Waals surface area contributed by atoms with E-state index in [1.54, 1.807) is 44.4 Å². The number of hydrazone groups is 1. The molecule has 1 fully saturated rings. The minimum atomic E-state index is -0.640. The number of hydrogen-bond acceptors (Lipinski definition) is 9. The lowest BCUT2D eigenvalue weighted by molar-refractivity contribution is 0.0827. The van der Waals surface area contributed by atoms with Gasteiger partial charge in [-0.3, -0.25) is 14.8 Å². The highest BCUT2D eigenvalue weighted by Gasteiger charge is 2.23. The molecule has 1 unspecified atom stereocenters. The number of carbonyl (C=O) groups excluding carboxylic acids is 2. The first-order valence-electron chi connectivity index (χ1n) is 14.2. The number of hydrogen-bond donors (Lipinski definition) is 2. The van der Waals surface area contributed by atoms with Gasteiger partial charge in [-0.25, -0.2) is 19.2 Å². The summed E-state index contributed by atoms with van der Waals surface area (Å²) in [4.78, 5) is 42.6. The lowest BCUT2D eigenvalue weighted by atomic mass is 10.0. The number of morpholine rings is 1. The van der Waals surface area contributed by atoms with Crippen LogP contribution >= 0.6 is 0 Å². The molecule has 0 spiro atoms. The summed E-state index contributed by atoms with van der Waals surface area (Å²) in [6, 6.07) is 12.3. The van der Waals surface area contributed by atoms with Gasteiger partial charge in [-0.05, 0) is 54.1 Å². The molecule has 2 N–H and O–H groups in total. The smallest absolute Gasteiger partial charge is 0.323 e. The highest BCUT2D eigenvalue weighted by atomic mass is 19.1. The van der Waals surface area contributed by atoms with Crippen molar-refractivity contribution in [3.63, 3.8) is 0 Å². The first-order valence-corrected chi connectivity index (χ1v) is 14.2. The molecule has 0 radical (unpaired) electrons. The van der Waals surface area contributed by atoms with Crippen LogP contribution in [0.3, 0.4) is 0 Å². The van der Waals surface area contributed by atoms with Crippen LogP contribution in [0, 0.1) is 5.82 Å². The second-order valence-corrected chi connectivity index (χ2v) is 10.9. The van der Waals surface area contributed by atoms with E-state index < -0.39 is 11.8 Å². The molecule has 2 aliphatic rings. The van der Waals surface area contributed by atoms with Gasteiger partial charge in [0.2, 0.25) is 0 Å². The fourth-order valence-corrected chi connectivity index (χ4v) is 5.11. The van der Waals surface area contributed by atoms with Crippen LogP contribution in [0.15, 0.2) is 59.8 Å². The number of aromatic nitrogens is 3. The molecule has 4 heterocycles. The van der Waals surface area contributed by atoms with Gasteiger partial charge < -0.3 is 25.2 Å². The summed E-state index contributed by atoms with van der Waals surface area (Å²) >= 11 is 0. The molecule has 12 nitrogen and oxygen atoms in total. The molecule has 0 aliphatic carbocycles. The lowest BCUT2D eigenvalue weighted by Gasteiger charge is -2.28. The zero-order valence-corrected chi connectivity index (χ0v) is 24.6. The van der Waals surface area contributed by atoms with Gasteiger partial charge >= 0.3 is 6.03 Å². The van der Waals surface area contributed by atoms with Gasteiger partial charge in [-0.2, -0.15) is 5.10 Å². The molecule has 13 heteroatoms. The fraction of sp³-hybridized carbons (Fsp3) is 0.290. The molecule has 226 valence electrons. The van der Waals surface area contributed by atoms with E-state index in [2.05, 4.69) is 20.6 Å². The molecular weight excluding hydrogens is 565 g/mol. The van der Waals surface area contributed by atoms with Gasteiger partial charge in [-0.1, -0.05) is 0 Å². The van der Waals surface area contributed by atoms with Gasteiger partial charge in [0.1, 0.15) is 11.3 Å². The number of benzene rings is 2. The number of pyridine rings is 1. The number of halogens is 1. The van der Waals surface area contributed by atoms with E-state index in [1.165, 1.54) is 17.0 Å². The van der Waals surface area contributed by atoms with Gasteiger partial charge in [0.05, 0.1) is 24.4 Å². The van der Waals surface area contributed by atoms with Gasteiger partial charge in [0.15, 0.2) is 11.6 Å². The maximum atomic E-state index is 15.3. The second kappa shape index (κ2) is 12.2. The zero-order valence-electron chi connectivity index (χ0n) is 24.6. The molecule has 1 atom stereocenters. The Kier molecular flexibility index (Phi) is 8.03. The quantitative estimate of drug-likeness (QED) is 0.341. The van der Waals surface area contributed by atoms with E-state index in [9.17, 15) is 9.59 Å². The van der Waals surface area contributed by atoms with Crippen LogP contribution in [0.2, 0.25) is 0 Å². The average molecular weight is 598 g/mol. The minimum absolute atomic E-state index is 0.00607. The Balaban J connectivity index is 1.25. The van der Waals surface area contributed by atoms with Crippen molar-refractivity contribution in [1.82, 2.24) is 24.9 Å². The molecular formula is C31H32FN9O3. The predicted octanol–water partition coefficient (Wildman–Crippen LogP) is 4.03. The molecule has 4 aromatic rings. The van der Waals surface area contributed by atoms with Crippen LogP contribution in [0.4, 0.5) is 26.4 Å². The van der Waals surface area contributed by atoms with Crippen LogP contribution in [0.25, 0.3) is 22.4 Å². The molecule has 6 rings (SSSR count). The highest BCUT2D eigenvalue weighted by Crippen LogP contribution is 2.31. The molecule has 0 saturated carbocycles. The number of nitrogens with zero attached hydrogens (tertiary/aromatic N) is 7. The van der Waals surface area contributed by atoms with Gasteiger partial charge in [-0.15, -0.1) is 0 Å². The summed E-state index contributed by atoms with van der Waals surface area (Å²) in [5, 5.41) is 11.4. The molecule has 44 heavy (non-hydrogen) atoms. The number of carbonyl (C=O) groups is 2. The van der Waals surface area contributed by atoms with Crippen molar-refractivity contribution in [2.24, 2.45) is 5.10 Å². The van der Waals surface area contributed by atoms with Crippen LogP contribution in [-0.2, 0) is 4.74 Å². The first kappa shape index (κ1) is 28.9. The number of anilines is 3. The Morgan fingerprint density at radius 2 is 1.80 bits per heavy atom. The predicted molar refractivity (Wildman–Crippen MR) is 167 cm³/mol. The molecule has 3 amide bonds. The monoisotopic (exact) mass is 597 g/mol. The summed E-state index contributed by atoms with van der Waals surface area (Å²) in [7, 11) is 5.25. The second-order valence-electron chi connectivity index (χ2n) is 10.9. The molecule has 1 saturated heterocycles. The van der Waals surface area contributed by atoms with Crippen molar-refractivity contribution in [2.45, 2.75) is 5.92 Å². The number of ether oxygens (including phenoxy) is 1. The van der Waals surface area contributed by atoms with Crippen molar-refractivity contribution in [1.29, 1.82) is 0 Å². The summed E-state index contributed by atoms with van der Waals surface area (Å²) in [6.07, 6.45) is 3.74. The Morgan fingerprint density at radius 3 is 2.48 bits per heavy atom. The number of urea groups is 1. The number of likely N-dealkylation sites (N-methyl/N-ethyl adjacent to an activating group) is 1. The average Bonchev–Trinajstić information content (AvgIpc) is 3.47. The topological polar surface area (TPSA) is 128 Å². The third-order valence-corrected chi connectivity index (χ3v) is 7.45. The van der Waals surface area contributed by atoms with E-state index in [1.807, 2.05) is 30.5 Å². The Hall–Kier alpha value is -5.17. The fourth-order valence-electron chi connectivity index (χ4n) is 5.11. The van der Waals surface area contributed by atoms with Gasteiger partial charge in [0, 0.05) is 75.9 Å². The SMILES string of the molecule is CN1CC(c2cnc3c(N4CCOCC4)nc(-c4ccc(NC(=O)Nc5ccc(C(=O)N(C)C)cc5)c(F)c4)nc3c2)C=N1. The lowest BCUT2D eigenvalue weighted by Crippen LogP contribution is -2.37. The van der Waals surface area contributed by atoms with Crippen LogP contribution in [0.5, 0.6) is 0 Å². The first-order chi connectivity index (χ1) is 21.2. The molecule has 2 aromatic carbocycles. The van der Waals surface area contributed by atoms with Crippen molar-refractivity contribution >= 4 is 46.4 Å². The summed E-state index contributed by atoms with van der Waals surface area (Å²) in [5.41, 5.74) is 3.70. The number of nitrogens with one attached hydrogen (secondary N) is 2. The third kappa shape index (κ3) is 6.13.